The van der Waals surface area contributed by atoms with Crippen molar-refractivity contribution in [3.63, 3.8) is 0 Å². The molecule has 3 rings (SSSR count). The third-order valence-corrected chi connectivity index (χ3v) is 4.91. The molecule has 1 heterocycles. The number of carbonyl (C=O) groups excluding carboxylic acids is 1. The van der Waals surface area contributed by atoms with Crippen LogP contribution in [0.1, 0.15) is 23.6 Å². The first-order valence-corrected chi connectivity index (χ1v) is 10.6. The van der Waals surface area contributed by atoms with Crippen LogP contribution in [0.5, 0.6) is 0 Å². The van der Waals surface area contributed by atoms with Crippen molar-refractivity contribution in [3.05, 3.63) is 83.8 Å². The van der Waals surface area contributed by atoms with Crippen molar-refractivity contribution in [1.82, 2.24) is 15.3 Å². The summed E-state index contributed by atoms with van der Waals surface area (Å²) in [6.07, 6.45) is 1.83. The van der Waals surface area contributed by atoms with Gasteiger partial charge in [-0.05, 0) is 61.7 Å². The van der Waals surface area contributed by atoms with Gasteiger partial charge in [-0.25, -0.2) is 9.97 Å². The standard InChI is InChI=1S/C25H30N6O/c1-17(2)26-11-12-27-23-15-24(29-16-28-23)30-21-9-6-20(7-10-21)14-25(32)31-22-8-5-18(3)19(4)13-22/h5-10,13,15-16,26H,1,11-12,14H2,2-4H3,(H,31,32)(H2,27,28,29,30). The Morgan fingerprint density at radius 3 is 2.34 bits per heavy atom. The number of anilines is 4. The third-order valence-electron chi connectivity index (χ3n) is 4.91. The summed E-state index contributed by atoms with van der Waals surface area (Å²) < 4.78 is 0. The number of hydrogen-bond acceptors (Lipinski definition) is 6. The molecule has 0 bridgehead atoms. The van der Waals surface area contributed by atoms with Gasteiger partial charge in [-0.15, -0.1) is 0 Å². The number of benzene rings is 2. The van der Waals surface area contributed by atoms with Crippen LogP contribution in [0.3, 0.4) is 0 Å². The van der Waals surface area contributed by atoms with Gasteiger partial charge in [0.2, 0.25) is 5.91 Å². The maximum atomic E-state index is 12.4. The molecule has 0 aliphatic heterocycles. The van der Waals surface area contributed by atoms with Gasteiger partial charge in [0.25, 0.3) is 0 Å². The summed E-state index contributed by atoms with van der Waals surface area (Å²) in [6.45, 7) is 11.3. The molecule has 0 radical (unpaired) electrons. The number of rotatable bonds is 10. The first-order valence-electron chi connectivity index (χ1n) is 10.6. The average Bonchev–Trinajstić information content (AvgIpc) is 2.75. The molecule has 1 aromatic heterocycles. The molecule has 166 valence electrons. The highest BCUT2D eigenvalue weighted by Crippen LogP contribution is 2.18. The Labute approximate surface area is 189 Å². The second kappa shape index (κ2) is 10.9. The lowest BCUT2D eigenvalue weighted by Gasteiger charge is -2.10. The van der Waals surface area contributed by atoms with E-state index in [-0.39, 0.29) is 5.91 Å². The molecule has 7 nitrogen and oxygen atoms in total. The molecule has 0 aliphatic carbocycles. The molecule has 1 amide bonds. The van der Waals surface area contributed by atoms with E-state index in [0.717, 1.165) is 47.1 Å². The molecule has 4 N–H and O–H groups in total. The van der Waals surface area contributed by atoms with Crippen LogP contribution in [0.25, 0.3) is 0 Å². The highest BCUT2D eigenvalue weighted by molar-refractivity contribution is 5.92. The van der Waals surface area contributed by atoms with Crippen molar-refractivity contribution in [1.29, 1.82) is 0 Å². The number of hydrogen-bond donors (Lipinski definition) is 4. The first-order chi connectivity index (χ1) is 15.4. The molecule has 2 aromatic carbocycles. The largest absolute Gasteiger partial charge is 0.387 e. The van der Waals surface area contributed by atoms with Gasteiger partial charge in [0.1, 0.15) is 18.0 Å². The lowest BCUT2D eigenvalue weighted by Crippen LogP contribution is -2.20. The van der Waals surface area contributed by atoms with Crippen molar-refractivity contribution in [2.45, 2.75) is 27.2 Å². The molecule has 0 atom stereocenters. The lowest BCUT2D eigenvalue weighted by atomic mass is 10.1. The van der Waals surface area contributed by atoms with E-state index < -0.39 is 0 Å². The van der Waals surface area contributed by atoms with Crippen LogP contribution < -0.4 is 21.3 Å². The Morgan fingerprint density at radius 1 is 0.906 bits per heavy atom. The quantitative estimate of drug-likeness (QED) is 0.353. The predicted octanol–water partition coefficient (Wildman–Crippen LogP) is 4.55. The molecule has 3 aromatic rings. The smallest absolute Gasteiger partial charge is 0.228 e. The van der Waals surface area contributed by atoms with E-state index in [9.17, 15) is 4.79 Å². The maximum Gasteiger partial charge on any atom is 0.228 e. The van der Waals surface area contributed by atoms with Gasteiger partial charge in [0.05, 0.1) is 6.42 Å². The van der Waals surface area contributed by atoms with Crippen molar-refractivity contribution in [3.8, 4) is 0 Å². The summed E-state index contributed by atoms with van der Waals surface area (Å²) in [5.41, 5.74) is 5.94. The predicted molar refractivity (Wildman–Crippen MR) is 131 cm³/mol. The molecular weight excluding hydrogens is 400 g/mol. The highest BCUT2D eigenvalue weighted by Gasteiger charge is 2.06. The van der Waals surface area contributed by atoms with E-state index >= 15 is 0 Å². The Balaban J connectivity index is 1.52. The number of carbonyl (C=O) groups is 1. The minimum absolute atomic E-state index is 0.0402. The van der Waals surface area contributed by atoms with E-state index in [1.165, 1.54) is 11.9 Å². The normalized spacial score (nSPS) is 10.3. The number of aromatic nitrogens is 2. The van der Waals surface area contributed by atoms with Crippen LogP contribution in [0, 0.1) is 13.8 Å². The summed E-state index contributed by atoms with van der Waals surface area (Å²) >= 11 is 0. The summed E-state index contributed by atoms with van der Waals surface area (Å²) in [7, 11) is 0. The monoisotopic (exact) mass is 430 g/mol. The highest BCUT2D eigenvalue weighted by atomic mass is 16.1. The van der Waals surface area contributed by atoms with Crippen molar-refractivity contribution in [2.75, 3.05) is 29.0 Å². The van der Waals surface area contributed by atoms with Crippen LogP contribution in [0.2, 0.25) is 0 Å². The summed E-state index contributed by atoms with van der Waals surface area (Å²) in [5, 5.41) is 12.6. The maximum absolute atomic E-state index is 12.4. The molecule has 7 heteroatoms. The van der Waals surface area contributed by atoms with E-state index in [2.05, 4.69) is 44.7 Å². The fraction of sp³-hybridized carbons (Fsp3) is 0.240. The van der Waals surface area contributed by atoms with Gasteiger partial charge in [-0.3, -0.25) is 4.79 Å². The summed E-state index contributed by atoms with van der Waals surface area (Å²) in [6, 6.07) is 15.5. The zero-order valence-electron chi connectivity index (χ0n) is 18.8. The van der Waals surface area contributed by atoms with Crippen molar-refractivity contribution < 1.29 is 4.79 Å². The zero-order valence-corrected chi connectivity index (χ0v) is 18.8. The fourth-order valence-electron chi connectivity index (χ4n) is 3.05. The Hall–Kier alpha value is -3.87. The lowest BCUT2D eigenvalue weighted by molar-refractivity contribution is -0.115. The Morgan fingerprint density at radius 2 is 1.62 bits per heavy atom. The minimum Gasteiger partial charge on any atom is -0.387 e. The van der Waals surface area contributed by atoms with Crippen molar-refractivity contribution in [2.24, 2.45) is 0 Å². The molecule has 0 spiro atoms. The van der Waals surface area contributed by atoms with Crippen LogP contribution in [0.15, 0.2) is 67.1 Å². The van der Waals surface area contributed by atoms with E-state index in [1.54, 1.807) is 0 Å². The van der Waals surface area contributed by atoms with Gasteiger partial charge in [-0.1, -0.05) is 24.8 Å². The molecule has 0 saturated heterocycles. The molecule has 32 heavy (non-hydrogen) atoms. The second-order valence-electron chi connectivity index (χ2n) is 7.77. The number of nitrogens with one attached hydrogen (secondary N) is 4. The second-order valence-corrected chi connectivity index (χ2v) is 7.77. The number of nitrogens with zero attached hydrogens (tertiary/aromatic N) is 2. The number of aryl methyl sites for hydroxylation is 2. The molecule has 0 unspecified atom stereocenters. The van der Waals surface area contributed by atoms with Gasteiger partial charge >= 0.3 is 0 Å². The van der Waals surface area contributed by atoms with E-state index in [4.69, 9.17) is 0 Å². The SMILES string of the molecule is C=C(C)NCCNc1cc(Nc2ccc(CC(=O)Nc3ccc(C)c(C)c3)cc2)ncn1. The van der Waals surface area contributed by atoms with E-state index in [0.29, 0.717) is 12.2 Å². The number of amides is 1. The number of allylic oxidation sites excluding steroid dienone is 1. The van der Waals surface area contributed by atoms with Crippen LogP contribution >= 0.6 is 0 Å². The van der Waals surface area contributed by atoms with Crippen LogP contribution in [-0.4, -0.2) is 29.0 Å². The zero-order chi connectivity index (χ0) is 22.9. The van der Waals surface area contributed by atoms with E-state index in [1.807, 2.05) is 62.4 Å². The van der Waals surface area contributed by atoms with Crippen molar-refractivity contribution >= 4 is 28.9 Å². The van der Waals surface area contributed by atoms with Gasteiger partial charge < -0.3 is 21.3 Å². The van der Waals surface area contributed by atoms with Gasteiger partial charge in [0, 0.05) is 36.2 Å². The van der Waals surface area contributed by atoms with Gasteiger partial charge in [-0.2, -0.15) is 0 Å². The molecule has 0 fully saturated rings. The van der Waals surface area contributed by atoms with Crippen LogP contribution in [0.4, 0.5) is 23.0 Å². The molecular formula is C25H30N6O. The molecule has 0 aliphatic rings. The summed E-state index contributed by atoms with van der Waals surface area (Å²) in [5.74, 6) is 1.39. The topological polar surface area (TPSA) is 91.0 Å². The fourth-order valence-corrected chi connectivity index (χ4v) is 3.05. The summed E-state index contributed by atoms with van der Waals surface area (Å²) in [4.78, 5) is 20.9. The Kier molecular flexibility index (Phi) is 7.80. The molecule has 0 saturated carbocycles. The first kappa shape index (κ1) is 22.8. The Bertz CT molecular complexity index is 1080. The minimum atomic E-state index is -0.0402. The average molecular weight is 431 g/mol. The third kappa shape index (κ3) is 7.12. The van der Waals surface area contributed by atoms with Crippen LogP contribution in [-0.2, 0) is 11.2 Å². The van der Waals surface area contributed by atoms with Gasteiger partial charge in [0.15, 0.2) is 0 Å².